The van der Waals surface area contributed by atoms with Gasteiger partial charge in [0.2, 0.25) is 0 Å². The van der Waals surface area contributed by atoms with Gasteiger partial charge >= 0.3 is 0 Å². The van der Waals surface area contributed by atoms with Crippen LogP contribution in [0.4, 0.5) is 22.7 Å². The minimum Gasteiger partial charge on any atom is -0.457 e. The van der Waals surface area contributed by atoms with Crippen LogP contribution in [0.5, 0.6) is 11.5 Å². The van der Waals surface area contributed by atoms with Crippen LogP contribution >= 0.6 is 0 Å². The highest BCUT2D eigenvalue weighted by molar-refractivity contribution is 5.89. The second-order valence-corrected chi connectivity index (χ2v) is 15.8. The Morgan fingerprint density at radius 1 is 0.566 bits per heavy atom. The standard InChI is InChI=1S/C48H48N4O/c1-30-21-32(3)45(33(4)22-30)51-29-50(43-19-12-13-20-44(43)51)38-15-14-16-39(28-38)53-40-26-36(25-37(27-40)48(7,8)9)47-49-41-17-10-11-18-42(41)52(47)46-34(5)23-31(2)24-35(46)6/h10-28H,29H2,1-9H3. The smallest absolute Gasteiger partial charge is 0.145 e. The molecule has 53 heavy (non-hydrogen) atoms. The van der Waals surface area contributed by atoms with Gasteiger partial charge in [0.1, 0.15) is 24.0 Å². The Kier molecular flexibility index (Phi) is 8.41. The molecule has 0 unspecified atom stereocenters. The van der Waals surface area contributed by atoms with Gasteiger partial charge < -0.3 is 14.5 Å². The molecule has 8 rings (SSSR count). The highest BCUT2D eigenvalue weighted by Gasteiger charge is 2.30. The molecule has 5 heteroatoms. The van der Waals surface area contributed by atoms with E-state index in [2.05, 4.69) is 192 Å². The van der Waals surface area contributed by atoms with Crippen molar-refractivity contribution in [2.45, 2.75) is 67.7 Å². The van der Waals surface area contributed by atoms with E-state index in [0.717, 1.165) is 39.6 Å². The zero-order valence-electron chi connectivity index (χ0n) is 32.4. The first kappa shape index (κ1) is 34.3. The molecule has 0 fully saturated rings. The fourth-order valence-corrected chi connectivity index (χ4v) is 8.27. The van der Waals surface area contributed by atoms with E-state index in [9.17, 15) is 0 Å². The molecule has 6 aromatic carbocycles. The van der Waals surface area contributed by atoms with Crippen molar-refractivity contribution < 1.29 is 4.74 Å². The van der Waals surface area contributed by atoms with Crippen molar-refractivity contribution in [3.05, 3.63) is 154 Å². The number of rotatable bonds is 6. The molecule has 0 spiro atoms. The first-order valence-corrected chi connectivity index (χ1v) is 18.6. The predicted octanol–water partition coefficient (Wildman–Crippen LogP) is 12.9. The molecular weight excluding hydrogens is 649 g/mol. The maximum Gasteiger partial charge on any atom is 0.145 e. The summed E-state index contributed by atoms with van der Waals surface area (Å²) in [6.07, 6.45) is 0. The minimum atomic E-state index is -0.114. The summed E-state index contributed by atoms with van der Waals surface area (Å²) in [6.45, 7) is 20.6. The summed E-state index contributed by atoms with van der Waals surface area (Å²) in [6, 6.07) is 41.3. The van der Waals surface area contributed by atoms with E-state index in [1.807, 2.05) is 0 Å². The quantitative estimate of drug-likeness (QED) is 0.173. The van der Waals surface area contributed by atoms with E-state index in [4.69, 9.17) is 9.72 Å². The summed E-state index contributed by atoms with van der Waals surface area (Å²) in [5.74, 6) is 2.48. The molecule has 0 bridgehead atoms. The van der Waals surface area contributed by atoms with Crippen LogP contribution in [0.2, 0.25) is 0 Å². The van der Waals surface area contributed by atoms with Crippen LogP contribution in [-0.2, 0) is 5.41 Å². The van der Waals surface area contributed by atoms with E-state index >= 15 is 0 Å². The minimum absolute atomic E-state index is 0.114. The van der Waals surface area contributed by atoms with Gasteiger partial charge in [0.15, 0.2) is 0 Å². The first-order chi connectivity index (χ1) is 25.4. The van der Waals surface area contributed by atoms with Crippen molar-refractivity contribution in [1.29, 1.82) is 0 Å². The van der Waals surface area contributed by atoms with Crippen LogP contribution in [0.25, 0.3) is 28.1 Å². The van der Waals surface area contributed by atoms with Gasteiger partial charge in [-0.2, -0.15) is 0 Å². The van der Waals surface area contributed by atoms with E-state index in [0.29, 0.717) is 6.67 Å². The first-order valence-electron chi connectivity index (χ1n) is 18.6. The van der Waals surface area contributed by atoms with Gasteiger partial charge in [-0.1, -0.05) is 86.5 Å². The van der Waals surface area contributed by atoms with Crippen molar-refractivity contribution in [3.63, 3.8) is 0 Å². The summed E-state index contributed by atoms with van der Waals surface area (Å²) >= 11 is 0. The Balaban J connectivity index is 1.20. The lowest BCUT2D eigenvalue weighted by molar-refractivity contribution is 0.479. The second kappa shape index (κ2) is 13.0. The number of fused-ring (bicyclic) bond motifs is 2. The number of imidazole rings is 1. The summed E-state index contributed by atoms with van der Waals surface area (Å²) in [5.41, 5.74) is 17.6. The number of anilines is 4. The van der Waals surface area contributed by atoms with Crippen LogP contribution in [0.1, 0.15) is 59.7 Å². The van der Waals surface area contributed by atoms with Gasteiger partial charge in [-0.15, -0.1) is 0 Å². The molecule has 0 radical (unpaired) electrons. The average Bonchev–Trinajstić information content (AvgIpc) is 3.67. The van der Waals surface area contributed by atoms with Crippen LogP contribution < -0.4 is 14.5 Å². The number of aromatic nitrogens is 2. The third kappa shape index (κ3) is 6.24. The molecule has 266 valence electrons. The number of hydrogen-bond donors (Lipinski definition) is 0. The molecule has 0 saturated heterocycles. The highest BCUT2D eigenvalue weighted by Crippen LogP contribution is 2.47. The highest BCUT2D eigenvalue weighted by atomic mass is 16.5. The lowest BCUT2D eigenvalue weighted by Crippen LogP contribution is -2.25. The molecule has 7 aromatic rings. The van der Waals surface area contributed by atoms with Crippen LogP contribution in [0, 0.1) is 41.5 Å². The molecule has 0 N–H and O–H groups in total. The third-order valence-corrected chi connectivity index (χ3v) is 10.5. The fourth-order valence-electron chi connectivity index (χ4n) is 8.27. The number of benzene rings is 6. The maximum atomic E-state index is 6.83. The zero-order chi connectivity index (χ0) is 37.2. The molecule has 2 heterocycles. The van der Waals surface area contributed by atoms with Gasteiger partial charge in [0.25, 0.3) is 0 Å². The Bertz CT molecular complexity index is 2490. The topological polar surface area (TPSA) is 33.5 Å². The summed E-state index contributed by atoms with van der Waals surface area (Å²) < 4.78 is 9.17. The van der Waals surface area contributed by atoms with Crippen molar-refractivity contribution in [1.82, 2.24) is 9.55 Å². The number of hydrogen-bond acceptors (Lipinski definition) is 4. The van der Waals surface area contributed by atoms with Crippen LogP contribution in [0.15, 0.2) is 115 Å². The lowest BCUT2D eigenvalue weighted by atomic mass is 9.86. The third-order valence-electron chi connectivity index (χ3n) is 10.5. The molecule has 0 amide bonds. The molecular formula is C48H48N4O. The predicted molar refractivity (Wildman–Crippen MR) is 222 cm³/mol. The van der Waals surface area contributed by atoms with E-state index in [-0.39, 0.29) is 5.41 Å². The number of ether oxygens (including phenoxy) is 1. The van der Waals surface area contributed by atoms with Crippen molar-refractivity contribution >= 4 is 33.8 Å². The SMILES string of the molecule is Cc1cc(C)c(N2CN(c3cccc(Oc4cc(-c5nc6ccccc6n5-c5c(C)cc(C)cc5C)cc(C(C)(C)C)c4)c3)c3ccccc32)c(C)c1. The number of para-hydroxylation sites is 4. The normalized spacial score (nSPS) is 12.8. The fraction of sp³-hybridized carbons (Fsp3) is 0.229. The monoisotopic (exact) mass is 696 g/mol. The van der Waals surface area contributed by atoms with Crippen molar-refractivity contribution in [2.75, 3.05) is 16.5 Å². The maximum absolute atomic E-state index is 6.83. The van der Waals surface area contributed by atoms with Crippen LogP contribution in [-0.4, -0.2) is 16.2 Å². The summed E-state index contributed by atoms with van der Waals surface area (Å²) in [4.78, 5) is 10.1. The average molecular weight is 697 g/mol. The molecule has 1 aromatic heterocycles. The molecule has 1 aliphatic heterocycles. The lowest BCUT2D eigenvalue weighted by Gasteiger charge is -2.26. The largest absolute Gasteiger partial charge is 0.457 e. The Labute approximate surface area is 314 Å². The zero-order valence-corrected chi connectivity index (χ0v) is 32.4. The van der Waals surface area contributed by atoms with Crippen molar-refractivity contribution in [3.8, 4) is 28.6 Å². The molecule has 1 aliphatic rings. The van der Waals surface area contributed by atoms with E-state index < -0.39 is 0 Å². The Morgan fingerprint density at radius 3 is 1.83 bits per heavy atom. The molecule has 0 atom stereocenters. The molecule has 0 saturated carbocycles. The van der Waals surface area contributed by atoms with Crippen LogP contribution in [0.3, 0.4) is 0 Å². The van der Waals surface area contributed by atoms with Gasteiger partial charge in [0.05, 0.1) is 28.1 Å². The molecule has 0 aliphatic carbocycles. The Morgan fingerprint density at radius 2 is 1.17 bits per heavy atom. The number of aryl methyl sites for hydroxylation is 6. The number of nitrogens with zero attached hydrogens (tertiary/aromatic N) is 4. The molecule has 5 nitrogen and oxygen atoms in total. The van der Waals surface area contributed by atoms with E-state index in [1.165, 1.54) is 61.7 Å². The summed E-state index contributed by atoms with van der Waals surface area (Å²) in [7, 11) is 0. The van der Waals surface area contributed by atoms with Gasteiger partial charge in [0, 0.05) is 23.0 Å². The van der Waals surface area contributed by atoms with Gasteiger partial charge in [-0.3, -0.25) is 4.57 Å². The van der Waals surface area contributed by atoms with Gasteiger partial charge in [-0.05, 0) is 129 Å². The Hall–Kier alpha value is -5.81. The van der Waals surface area contributed by atoms with Gasteiger partial charge in [-0.25, -0.2) is 4.98 Å². The summed E-state index contributed by atoms with van der Waals surface area (Å²) in [5, 5.41) is 0. The van der Waals surface area contributed by atoms with Crippen molar-refractivity contribution in [2.24, 2.45) is 0 Å². The second-order valence-electron chi connectivity index (χ2n) is 15.8. The van der Waals surface area contributed by atoms with E-state index in [1.54, 1.807) is 0 Å².